The van der Waals surface area contributed by atoms with Crippen LogP contribution in [0.5, 0.6) is 0 Å². The van der Waals surface area contributed by atoms with Crippen LogP contribution in [0.1, 0.15) is 19.3 Å². The average Bonchev–Trinajstić information content (AvgIpc) is 2.98. The summed E-state index contributed by atoms with van der Waals surface area (Å²) in [5, 5.41) is 2.71. The summed E-state index contributed by atoms with van der Waals surface area (Å²) in [4.78, 5) is 24.6. The Morgan fingerprint density at radius 3 is 2.80 bits per heavy atom. The van der Waals surface area contributed by atoms with Crippen molar-refractivity contribution in [3.8, 4) is 0 Å². The highest BCUT2D eigenvalue weighted by atomic mass is 32.1. The van der Waals surface area contributed by atoms with Crippen molar-refractivity contribution in [3.63, 3.8) is 0 Å². The van der Waals surface area contributed by atoms with Gasteiger partial charge in [0.05, 0.1) is 6.54 Å². The highest BCUT2D eigenvalue weighted by Crippen LogP contribution is 2.49. The molecule has 0 atom stereocenters. The van der Waals surface area contributed by atoms with Gasteiger partial charge in [-0.15, -0.1) is 0 Å². The Kier molecular flexibility index (Phi) is 2.91. The molecule has 84 valence electrons. The molecule has 5 heteroatoms. The van der Waals surface area contributed by atoms with Crippen LogP contribution in [0.2, 0.25) is 0 Å². The summed E-state index contributed by atoms with van der Waals surface area (Å²) in [6, 6.07) is 0. The van der Waals surface area contributed by atoms with Gasteiger partial charge in [-0.05, 0) is 24.0 Å². The number of hydrogen-bond acceptors (Lipinski definition) is 3. The van der Waals surface area contributed by atoms with E-state index < -0.39 is 0 Å². The number of carbonyl (C=O) groups excluding carboxylic acids is 2. The Balaban J connectivity index is 1.87. The lowest BCUT2D eigenvalue weighted by Crippen LogP contribution is -2.50. The second-order valence-electron chi connectivity index (χ2n) is 4.50. The molecule has 1 aliphatic heterocycles. The molecule has 2 amide bonds. The van der Waals surface area contributed by atoms with Crippen molar-refractivity contribution in [3.05, 3.63) is 0 Å². The van der Waals surface area contributed by atoms with Crippen LogP contribution >= 0.6 is 12.6 Å². The largest absolute Gasteiger partial charge is 0.353 e. The minimum Gasteiger partial charge on any atom is -0.353 e. The zero-order chi connectivity index (χ0) is 10.9. The number of amides is 2. The minimum atomic E-state index is -0.0506. The fourth-order valence-electron chi connectivity index (χ4n) is 1.85. The van der Waals surface area contributed by atoms with Gasteiger partial charge in [0.1, 0.15) is 0 Å². The number of nitrogens with zero attached hydrogens (tertiary/aromatic N) is 1. The van der Waals surface area contributed by atoms with Crippen molar-refractivity contribution in [2.45, 2.75) is 19.3 Å². The Bertz CT molecular complexity index is 289. The summed E-state index contributed by atoms with van der Waals surface area (Å²) in [7, 11) is 0. The van der Waals surface area contributed by atoms with Gasteiger partial charge in [0.2, 0.25) is 11.8 Å². The molecule has 1 aliphatic carbocycles. The van der Waals surface area contributed by atoms with E-state index in [2.05, 4.69) is 17.9 Å². The maximum atomic E-state index is 11.9. The number of thiol groups is 1. The van der Waals surface area contributed by atoms with Crippen molar-refractivity contribution in [1.82, 2.24) is 10.2 Å². The quantitative estimate of drug-likeness (QED) is 0.670. The molecule has 1 saturated carbocycles. The third kappa shape index (κ3) is 2.45. The third-order valence-electron chi connectivity index (χ3n) is 3.21. The summed E-state index contributed by atoms with van der Waals surface area (Å²) >= 11 is 4.27. The maximum absolute atomic E-state index is 11.9. The van der Waals surface area contributed by atoms with E-state index in [9.17, 15) is 9.59 Å². The number of carbonyl (C=O) groups is 2. The molecule has 4 nitrogen and oxygen atoms in total. The summed E-state index contributed by atoms with van der Waals surface area (Å²) in [6.07, 6.45) is 2.76. The predicted octanol–water partition coefficient (Wildman–Crippen LogP) is 0.0449. The van der Waals surface area contributed by atoms with Crippen LogP contribution in [0, 0.1) is 5.41 Å². The fourth-order valence-corrected chi connectivity index (χ4v) is 2.28. The highest BCUT2D eigenvalue weighted by Gasteiger charge is 2.44. The SMILES string of the molecule is O=C1CN(C(=O)CC2(CS)CC2)CCN1. The van der Waals surface area contributed by atoms with Gasteiger partial charge in [-0.2, -0.15) is 12.6 Å². The molecule has 1 heterocycles. The summed E-state index contributed by atoms with van der Waals surface area (Å²) < 4.78 is 0. The molecule has 15 heavy (non-hydrogen) atoms. The summed E-state index contributed by atoms with van der Waals surface area (Å²) in [5.41, 5.74) is 0.147. The minimum absolute atomic E-state index is 0.0506. The average molecular weight is 228 g/mol. The first-order valence-corrected chi connectivity index (χ1v) is 5.94. The maximum Gasteiger partial charge on any atom is 0.239 e. The number of nitrogens with one attached hydrogen (secondary N) is 1. The van der Waals surface area contributed by atoms with Gasteiger partial charge < -0.3 is 10.2 Å². The molecule has 2 fully saturated rings. The molecule has 0 aromatic rings. The van der Waals surface area contributed by atoms with Gasteiger partial charge in [-0.25, -0.2) is 0 Å². The Morgan fingerprint density at radius 2 is 2.27 bits per heavy atom. The van der Waals surface area contributed by atoms with Crippen molar-refractivity contribution in [1.29, 1.82) is 0 Å². The smallest absolute Gasteiger partial charge is 0.239 e. The third-order valence-corrected chi connectivity index (χ3v) is 3.88. The van der Waals surface area contributed by atoms with Crippen LogP contribution in [0.3, 0.4) is 0 Å². The number of hydrogen-bond donors (Lipinski definition) is 2. The first-order chi connectivity index (χ1) is 7.15. The van der Waals surface area contributed by atoms with Crippen LogP contribution in [-0.2, 0) is 9.59 Å². The lowest BCUT2D eigenvalue weighted by Gasteiger charge is -2.28. The Morgan fingerprint density at radius 1 is 1.53 bits per heavy atom. The molecule has 1 N–H and O–H groups in total. The highest BCUT2D eigenvalue weighted by molar-refractivity contribution is 7.80. The lowest BCUT2D eigenvalue weighted by atomic mass is 10.0. The molecule has 2 aliphatic rings. The van der Waals surface area contributed by atoms with Crippen molar-refractivity contribution in [2.24, 2.45) is 5.41 Å². The first-order valence-electron chi connectivity index (χ1n) is 5.31. The van der Waals surface area contributed by atoms with E-state index in [-0.39, 0.29) is 23.8 Å². The van der Waals surface area contributed by atoms with Gasteiger partial charge in [0.25, 0.3) is 0 Å². The van der Waals surface area contributed by atoms with Gasteiger partial charge in [0, 0.05) is 19.5 Å². The van der Waals surface area contributed by atoms with Crippen molar-refractivity contribution in [2.75, 3.05) is 25.4 Å². The lowest BCUT2D eigenvalue weighted by molar-refractivity contribution is -0.139. The Labute approximate surface area is 94.8 Å². The number of rotatable bonds is 3. The molecule has 0 bridgehead atoms. The molecule has 0 aromatic carbocycles. The van der Waals surface area contributed by atoms with Crippen LogP contribution in [-0.4, -0.2) is 42.1 Å². The fraction of sp³-hybridized carbons (Fsp3) is 0.800. The standard InChI is InChI=1S/C10H16N2O2S/c13-8-6-12(4-3-11-8)9(14)5-10(7-15)1-2-10/h15H,1-7H2,(H,11,13). The molecule has 0 unspecified atom stereocenters. The monoisotopic (exact) mass is 228 g/mol. The molecule has 0 radical (unpaired) electrons. The van der Waals surface area contributed by atoms with E-state index in [1.54, 1.807) is 4.90 Å². The zero-order valence-electron chi connectivity index (χ0n) is 8.66. The van der Waals surface area contributed by atoms with Gasteiger partial charge >= 0.3 is 0 Å². The van der Waals surface area contributed by atoms with Crippen LogP contribution < -0.4 is 5.32 Å². The van der Waals surface area contributed by atoms with E-state index in [4.69, 9.17) is 0 Å². The van der Waals surface area contributed by atoms with Gasteiger partial charge in [-0.1, -0.05) is 0 Å². The molecule has 1 saturated heterocycles. The normalized spacial score (nSPS) is 23.5. The molecule has 0 aromatic heterocycles. The van der Waals surface area contributed by atoms with Gasteiger partial charge in [0.15, 0.2) is 0 Å². The van der Waals surface area contributed by atoms with E-state index in [0.717, 1.165) is 18.6 Å². The molecular weight excluding hydrogens is 212 g/mol. The van der Waals surface area contributed by atoms with E-state index in [1.165, 1.54) is 0 Å². The topological polar surface area (TPSA) is 49.4 Å². The number of piperazine rings is 1. The van der Waals surface area contributed by atoms with E-state index in [0.29, 0.717) is 19.5 Å². The summed E-state index contributed by atoms with van der Waals surface area (Å²) in [5.74, 6) is 0.834. The van der Waals surface area contributed by atoms with E-state index in [1.807, 2.05) is 0 Å². The van der Waals surface area contributed by atoms with Crippen LogP contribution in [0.15, 0.2) is 0 Å². The van der Waals surface area contributed by atoms with Gasteiger partial charge in [-0.3, -0.25) is 9.59 Å². The second-order valence-corrected chi connectivity index (χ2v) is 4.82. The Hall–Kier alpha value is -0.710. The predicted molar refractivity (Wildman–Crippen MR) is 59.7 cm³/mol. The first kappa shape index (κ1) is 10.8. The van der Waals surface area contributed by atoms with Crippen LogP contribution in [0.25, 0.3) is 0 Å². The van der Waals surface area contributed by atoms with Crippen molar-refractivity contribution < 1.29 is 9.59 Å². The van der Waals surface area contributed by atoms with E-state index >= 15 is 0 Å². The second kappa shape index (κ2) is 4.04. The summed E-state index contributed by atoms with van der Waals surface area (Å²) in [6.45, 7) is 1.45. The molecule has 2 rings (SSSR count). The van der Waals surface area contributed by atoms with Crippen LogP contribution in [0.4, 0.5) is 0 Å². The molecule has 0 spiro atoms. The zero-order valence-corrected chi connectivity index (χ0v) is 9.56. The van der Waals surface area contributed by atoms with Crippen molar-refractivity contribution >= 4 is 24.4 Å². The molecular formula is C10H16N2O2S.